The largest absolute Gasteiger partial charge is 0.444 e. The molecular formula is C11H20N4O3. The van der Waals surface area contributed by atoms with Gasteiger partial charge in [-0.2, -0.15) is 0 Å². The highest BCUT2D eigenvalue weighted by Crippen LogP contribution is 2.29. The van der Waals surface area contributed by atoms with Crippen molar-refractivity contribution in [2.75, 3.05) is 13.2 Å². The summed E-state index contributed by atoms with van der Waals surface area (Å²) in [6.07, 6.45) is -0.455. The predicted octanol–water partition coefficient (Wildman–Crippen LogP) is 2.67. The number of azide groups is 1. The summed E-state index contributed by atoms with van der Waals surface area (Å²) in [7, 11) is 0. The molecule has 0 aromatic rings. The topological polar surface area (TPSA) is 87.5 Å². The van der Waals surface area contributed by atoms with E-state index in [4.69, 9.17) is 15.0 Å². The van der Waals surface area contributed by atoms with Crippen molar-refractivity contribution < 1.29 is 14.3 Å². The van der Waals surface area contributed by atoms with E-state index in [1.165, 1.54) is 4.90 Å². The highest BCUT2D eigenvalue weighted by molar-refractivity contribution is 5.69. The van der Waals surface area contributed by atoms with E-state index in [0.29, 0.717) is 6.61 Å². The van der Waals surface area contributed by atoms with Crippen LogP contribution in [0.1, 0.15) is 34.6 Å². The minimum absolute atomic E-state index is 0.180. The summed E-state index contributed by atoms with van der Waals surface area (Å²) in [6.45, 7) is 9.50. The summed E-state index contributed by atoms with van der Waals surface area (Å²) in [6, 6.07) is -0.286. The Balaban J connectivity index is 2.84. The van der Waals surface area contributed by atoms with Crippen molar-refractivity contribution in [1.82, 2.24) is 4.90 Å². The first-order valence-electron chi connectivity index (χ1n) is 5.84. The van der Waals surface area contributed by atoms with Gasteiger partial charge in [0, 0.05) is 11.5 Å². The van der Waals surface area contributed by atoms with Gasteiger partial charge in [0.2, 0.25) is 0 Å². The molecule has 0 radical (unpaired) electrons. The number of hydrogen-bond acceptors (Lipinski definition) is 4. The molecule has 1 unspecified atom stereocenters. The number of hydrogen-bond donors (Lipinski definition) is 0. The third kappa shape index (κ3) is 3.51. The Kier molecular flexibility index (Phi) is 4.09. The second-order valence-electron chi connectivity index (χ2n) is 5.68. The van der Waals surface area contributed by atoms with Crippen LogP contribution in [-0.2, 0) is 9.47 Å². The van der Waals surface area contributed by atoms with Crippen LogP contribution in [-0.4, -0.2) is 41.5 Å². The van der Waals surface area contributed by atoms with E-state index < -0.39 is 17.4 Å². The standard InChI is InChI=1S/C11H20N4O3/c1-10(2,3)18-9(16)15-8(6-13-14-12)7-17-11(15,4)5/h8H,6-7H2,1-5H3. The van der Waals surface area contributed by atoms with Crippen LogP contribution in [0.4, 0.5) is 4.79 Å². The first kappa shape index (κ1) is 14.6. The molecule has 1 fully saturated rings. The molecule has 0 spiro atoms. The fourth-order valence-electron chi connectivity index (χ4n) is 1.83. The molecule has 1 atom stereocenters. The molecule has 0 aromatic carbocycles. The highest BCUT2D eigenvalue weighted by Gasteiger charge is 2.45. The Morgan fingerprint density at radius 1 is 1.61 bits per heavy atom. The Morgan fingerprint density at radius 3 is 2.72 bits per heavy atom. The Labute approximate surface area is 107 Å². The lowest BCUT2D eigenvalue weighted by atomic mass is 10.2. The van der Waals surface area contributed by atoms with E-state index >= 15 is 0 Å². The van der Waals surface area contributed by atoms with Crippen LogP contribution >= 0.6 is 0 Å². The minimum atomic E-state index is -0.752. The summed E-state index contributed by atoms with van der Waals surface area (Å²) >= 11 is 0. The first-order valence-corrected chi connectivity index (χ1v) is 5.84. The molecule has 18 heavy (non-hydrogen) atoms. The van der Waals surface area contributed by atoms with Crippen LogP contribution in [0.2, 0.25) is 0 Å². The molecule has 1 saturated heterocycles. The fourth-order valence-corrected chi connectivity index (χ4v) is 1.83. The Bertz CT molecular complexity index is 369. The molecule has 7 nitrogen and oxygen atoms in total. The van der Waals surface area contributed by atoms with Crippen LogP contribution in [0.3, 0.4) is 0 Å². The first-order chi connectivity index (χ1) is 8.17. The zero-order valence-electron chi connectivity index (χ0n) is 11.5. The maximum absolute atomic E-state index is 12.1. The molecule has 1 aliphatic heterocycles. The third-order valence-electron chi connectivity index (χ3n) is 2.52. The third-order valence-corrected chi connectivity index (χ3v) is 2.52. The number of carbonyl (C=O) groups is 1. The number of amides is 1. The maximum atomic E-state index is 12.1. The number of ether oxygens (including phenoxy) is 2. The van der Waals surface area contributed by atoms with Crippen molar-refractivity contribution in [1.29, 1.82) is 0 Å². The van der Waals surface area contributed by atoms with Crippen LogP contribution in [0.5, 0.6) is 0 Å². The summed E-state index contributed by atoms with van der Waals surface area (Å²) in [5, 5.41) is 3.50. The monoisotopic (exact) mass is 256 g/mol. The molecule has 7 heteroatoms. The van der Waals surface area contributed by atoms with Gasteiger partial charge in [0.25, 0.3) is 0 Å². The minimum Gasteiger partial charge on any atom is -0.444 e. The van der Waals surface area contributed by atoms with Gasteiger partial charge in [-0.05, 0) is 40.1 Å². The van der Waals surface area contributed by atoms with Crippen LogP contribution < -0.4 is 0 Å². The zero-order chi connectivity index (χ0) is 14.0. The van der Waals surface area contributed by atoms with E-state index in [2.05, 4.69) is 10.0 Å². The lowest BCUT2D eigenvalue weighted by Crippen LogP contribution is -2.50. The van der Waals surface area contributed by atoms with E-state index in [0.717, 1.165) is 0 Å². The number of nitrogens with zero attached hydrogens (tertiary/aromatic N) is 4. The number of rotatable bonds is 2. The average Bonchev–Trinajstić information content (AvgIpc) is 2.48. The van der Waals surface area contributed by atoms with Gasteiger partial charge in [0.1, 0.15) is 11.3 Å². The van der Waals surface area contributed by atoms with Crippen molar-refractivity contribution in [3.05, 3.63) is 10.4 Å². The smallest absolute Gasteiger partial charge is 0.412 e. The second kappa shape index (κ2) is 5.04. The van der Waals surface area contributed by atoms with E-state index in [1.807, 2.05) is 0 Å². The molecule has 0 bridgehead atoms. The van der Waals surface area contributed by atoms with Gasteiger partial charge in [-0.15, -0.1) is 0 Å². The second-order valence-corrected chi connectivity index (χ2v) is 5.68. The van der Waals surface area contributed by atoms with Crippen LogP contribution in [0.15, 0.2) is 5.11 Å². The van der Waals surface area contributed by atoms with Gasteiger partial charge < -0.3 is 9.47 Å². The van der Waals surface area contributed by atoms with Gasteiger partial charge >= 0.3 is 6.09 Å². The van der Waals surface area contributed by atoms with Gasteiger partial charge in [-0.25, -0.2) is 4.79 Å². The van der Waals surface area contributed by atoms with E-state index in [-0.39, 0.29) is 12.6 Å². The lowest BCUT2D eigenvalue weighted by Gasteiger charge is -2.34. The average molecular weight is 256 g/mol. The van der Waals surface area contributed by atoms with Crippen LogP contribution in [0, 0.1) is 0 Å². The molecule has 1 amide bonds. The SMILES string of the molecule is CC(C)(C)OC(=O)N1C(CN=[N+]=[N-])COC1(C)C. The summed E-state index contributed by atoms with van der Waals surface area (Å²) in [5.74, 6) is 0. The Hall–Kier alpha value is -1.46. The van der Waals surface area contributed by atoms with Crippen molar-refractivity contribution >= 4 is 6.09 Å². The molecule has 1 heterocycles. The molecular weight excluding hydrogens is 236 g/mol. The van der Waals surface area contributed by atoms with Crippen LogP contribution in [0.25, 0.3) is 10.4 Å². The van der Waals surface area contributed by atoms with Crippen molar-refractivity contribution in [3.63, 3.8) is 0 Å². The maximum Gasteiger partial charge on any atom is 0.412 e. The van der Waals surface area contributed by atoms with E-state index in [1.54, 1.807) is 34.6 Å². The quantitative estimate of drug-likeness (QED) is 0.432. The Morgan fingerprint density at radius 2 is 2.22 bits per heavy atom. The van der Waals surface area contributed by atoms with Gasteiger partial charge in [0.15, 0.2) is 0 Å². The summed E-state index contributed by atoms with van der Waals surface area (Å²) in [4.78, 5) is 16.3. The van der Waals surface area contributed by atoms with Gasteiger partial charge in [0.05, 0.1) is 12.6 Å². The van der Waals surface area contributed by atoms with Gasteiger partial charge in [-0.1, -0.05) is 5.11 Å². The molecule has 102 valence electrons. The van der Waals surface area contributed by atoms with Crippen molar-refractivity contribution in [2.45, 2.75) is 52.0 Å². The lowest BCUT2D eigenvalue weighted by molar-refractivity contribution is -0.0621. The highest BCUT2D eigenvalue weighted by atomic mass is 16.6. The normalized spacial score (nSPS) is 22.5. The molecule has 0 aromatic heterocycles. The fraction of sp³-hybridized carbons (Fsp3) is 0.909. The molecule has 0 aliphatic carbocycles. The zero-order valence-corrected chi connectivity index (χ0v) is 11.5. The molecule has 1 rings (SSSR count). The molecule has 1 aliphatic rings. The van der Waals surface area contributed by atoms with Gasteiger partial charge in [-0.3, -0.25) is 4.90 Å². The number of carbonyl (C=O) groups excluding carboxylic acids is 1. The molecule has 0 N–H and O–H groups in total. The van der Waals surface area contributed by atoms with Crippen molar-refractivity contribution in [3.8, 4) is 0 Å². The van der Waals surface area contributed by atoms with E-state index in [9.17, 15) is 4.79 Å². The summed E-state index contributed by atoms with van der Waals surface area (Å²) < 4.78 is 10.9. The van der Waals surface area contributed by atoms with Crippen molar-refractivity contribution in [2.24, 2.45) is 5.11 Å². The summed E-state index contributed by atoms with van der Waals surface area (Å²) in [5.41, 5.74) is 7.03. The predicted molar refractivity (Wildman–Crippen MR) is 65.9 cm³/mol. The molecule has 0 saturated carbocycles.